The third-order valence-corrected chi connectivity index (χ3v) is 2.65. The fourth-order valence-electron chi connectivity index (χ4n) is 1.18. The van der Waals surface area contributed by atoms with Gasteiger partial charge in [0.05, 0.1) is 12.8 Å². The van der Waals surface area contributed by atoms with E-state index in [-0.39, 0.29) is 12.8 Å². The molecule has 1 unspecified atom stereocenters. The third kappa shape index (κ3) is 7.50. The van der Waals surface area contributed by atoms with E-state index in [2.05, 4.69) is 0 Å². The maximum Gasteiger partial charge on any atom is 0.259 e. The molecular formula is C8H19N2O4P. The number of carbonyl (C=O) groups is 1. The smallest absolute Gasteiger partial charge is 0.259 e. The largest absolute Gasteiger partial charge is 0.344 e. The standard InChI is InChI=1S/C8H19N2O4P/c1-4-5-10(7-15(3,13)14)6-8(11)9(2)12/h12H,4-7H2,1-3H3,(H,13,14). The number of rotatable bonds is 6. The molecule has 0 aliphatic rings. The summed E-state index contributed by atoms with van der Waals surface area (Å²) in [6.45, 7) is 3.68. The summed E-state index contributed by atoms with van der Waals surface area (Å²) in [5, 5.41) is 9.35. The van der Waals surface area contributed by atoms with Gasteiger partial charge in [0.1, 0.15) is 0 Å². The van der Waals surface area contributed by atoms with Crippen LogP contribution in [0.4, 0.5) is 0 Å². The van der Waals surface area contributed by atoms with Gasteiger partial charge in [-0.2, -0.15) is 0 Å². The normalized spacial score (nSPS) is 15.1. The third-order valence-electron chi connectivity index (χ3n) is 1.72. The topological polar surface area (TPSA) is 81.1 Å². The molecule has 0 aromatic heterocycles. The number of carbonyl (C=O) groups excluding carboxylic acids is 1. The van der Waals surface area contributed by atoms with Crippen molar-refractivity contribution in [2.24, 2.45) is 0 Å². The van der Waals surface area contributed by atoms with Crippen molar-refractivity contribution in [3.8, 4) is 0 Å². The number of likely N-dealkylation sites (N-methyl/N-ethyl adjacent to an activating group) is 1. The zero-order valence-corrected chi connectivity index (χ0v) is 10.3. The van der Waals surface area contributed by atoms with Crippen LogP contribution in [-0.2, 0) is 9.36 Å². The lowest BCUT2D eigenvalue weighted by molar-refractivity contribution is -0.160. The van der Waals surface area contributed by atoms with Gasteiger partial charge < -0.3 is 4.89 Å². The Hall–Kier alpha value is -0.420. The SMILES string of the molecule is CCCN(CC(=O)N(C)O)CP(C)(=O)O. The van der Waals surface area contributed by atoms with Gasteiger partial charge in [-0.15, -0.1) is 0 Å². The van der Waals surface area contributed by atoms with Gasteiger partial charge in [-0.3, -0.25) is 19.5 Å². The van der Waals surface area contributed by atoms with Gasteiger partial charge in [0.2, 0.25) is 7.37 Å². The van der Waals surface area contributed by atoms with Crippen LogP contribution in [0, 0.1) is 0 Å². The van der Waals surface area contributed by atoms with Gasteiger partial charge in [0.25, 0.3) is 5.91 Å². The molecule has 0 saturated carbocycles. The first-order valence-corrected chi connectivity index (χ1v) is 7.02. The molecule has 0 saturated heterocycles. The second-order valence-corrected chi connectivity index (χ2v) is 6.05. The Bertz CT molecular complexity index is 251. The Morgan fingerprint density at radius 2 is 2.00 bits per heavy atom. The maximum absolute atomic E-state index is 11.2. The van der Waals surface area contributed by atoms with Crippen LogP contribution in [-0.4, -0.2) is 59.1 Å². The van der Waals surface area contributed by atoms with Gasteiger partial charge >= 0.3 is 0 Å². The molecule has 6 nitrogen and oxygen atoms in total. The number of hydrogen-bond acceptors (Lipinski definition) is 4. The summed E-state index contributed by atoms with van der Waals surface area (Å²) in [7, 11) is -1.93. The lowest BCUT2D eigenvalue weighted by Crippen LogP contribution is -2.37. The van der Waals surface area contributed by atoms with Crippen molar-refractivity contribution in [3.63, 3.8) is 0 Å². The van der Waals surface area contributed by atoms with Crippen LogP contribution in [0.5, 0.6) is 0 Å². The highest BCUT2D eigenvalue weighted by Crippen LogP contribution is 2.35. The van der Waals surface area contributed by atoms with Crippen LogP contribution < -0.4 is 0 Å². The minimum absolute atomic E-state index is 0.0274. The monoisotopic (exact) mass is 238 g/mol. The van der Waals surface area contributed by atoms with E-state index in [0.29, 0.717) is 11.6 Å². The zero-order valence-electron chi connectivity index (χ0n) is 9.38. The highest BCUT2D eigenvalue weighted by Gasteiger charge is 2.19. The minimum Gasteiger partial charge on any atom is -0.344 e. The van der Waals surface area contributed by atoms with Crippen molar-refractivity contribution < 1.29 is 19.5 Å². The molecule has 15 heavy (non-hydrogen) atoms. The molecule has 0 aliphatic heterocycles. The lowest BCUT2D eigenvalue weighted by Gasteiger charge is -2.23. The summed E-state index contributed by atoms with van der Waals surface area (Å²) >= 11 is 0. The van der Waals surface area contributed by atoms with E-state index in [0.717, 1.165) is 6.42 Å². The highest BCUT2D eigenvalue weighted by atomic mass is 31.2. The Labute approximate surface area is 89.9 Å². The average molecular weight is 238 g/mol. The van der Waals surface area contributed by atoms with Gasteiger partial charge in [0, 0.05) is 13.7 Å². The number of hydrogen-bond donors (Lipinski definition) is 2. The lowest BCUT2D eigenvalue weighted by atomic mass is 10.4. The van der Waals surface area contributed by atoms with E-state index in [1.807, 2.05) is 6.92 Å². The molecule has 0 aliphatic carbocycles. The van der Waals surface area contributed by atoms with Crippen molar-refractivity contribution in [1.29, 1.82) is 0 Å². The van der Waals surface area contributed by atoms with Gasteiger partial charge in [-0.1, -0.05) is 6.92 Å². The van der Waals surface area contributed by atoms with Crippen molar-refractivity contribution in [1.82, 2.24) is 9.96 Å². The summed E-state index contributed by atoms with van der Waals surface area (Å²) in [4.78, 5) is 21.9. The quantitative estimate of drug-likeness (QED) is 0.398. The second kappa shape index (κ2) is 6.23. The predicted octanol–water partition coefficient (Wildman–Crippen LogP) is 0.404. The summed E-state index contributed by atoms with van der Waals surface area (Å²) in [5.74, 6) is -0.489. The summed E-state index contributed by atoms with van der Waals surface area (Å²) in [5.41, 5.74) is 0. The molecule has 0 fully saturated rings. The first-order valence-electron chi connectivity index (χ1n) is 4.73. The fourth-order valence-corrected chi connectivity index (χ4v) is 2.16. The van der Waals surface area contributed by atoms with Crippen LogP contribution >= 0.6 is 7.37 Å². The van der Waals surface area contributed by atoms with Crippen molar-refractivity contribution in [2.75, 3.05) is 33.1 Å². The van der Waals surface area contributed by atoms with E-state index in [9.17, 15) is 14.3 Å². The first-order chi connectivity index (χ1) is 6.76. The molecule has 0 heterocycles. The van der Waals surface area contributed by atoms with Gasteiger partial charge in [-0.25, -0.2) is 5.06 Å². The molecular weight excluding hydrogens is 219 g/mol. The van der Waals surface area contributed by atoms with Crippen LogP contribution in [0.2, 0.25) is 0 Å². The predicted molar refractivity (Wildman–Crippen MR) is 57.0 cm³/mol. The average Bonchev–Trinajstić information content (AvgIpc) is 2.00. The molecule has 2 N–H and O–H groups in total. The van der Waals surface area contributed by atoms with Gasteiger partial charge in [0.15, 0.2) is 0 Å². The molecule has 0 spiro atoms. The minimum atomic E-state index is -3.16. The van der Waals surface area contributed by atoms with Gasteiger partial charge in [-0.05, 0) is 13.0 Å². The molecule has 90 valence electrons. The van der Waals surface area contributed by atoms with E-state index >= 15 is 0 Å². The van der Waals surface area contributed by atoms with E-state index in [1.54, 1.807) is 4.90 Å². The molecule has 7 heteroatoms. The Morgan fingerprint density at radius 1 is 1.47 bits per heavy atom. The molecule has 0 bridgehead atoms. The highest BCUT2D eigenvalue weighted by molar-refractivity contribution is 7.57. The van der Waals surface area contributed by atoms with Crippen LogP contribution in [0.3, 0.4) is 0 Å². The summed E-state index contributed by atoms with van der Waals surface area (Å²) < 4.78 is 11.2. The van der Waals surface area contributed by atoms with Crippen molar-refractivity contribution in [2.45, 2.75) is 13.3 Å². The molecule has 0 rings (SSSR count). The summed E-state index contributed by atoms with van der Waals surface area (Å²) in [6, 6.07) is 0. The van der Waals surface area contributed by atoms with Crippen molar-refractivity contribution >= 4 is 13.3 Å². The number of hydroxylamine groups is 2. The fraction of sp³-hybridized carbons (Fsp3) is 0.875. The van der Waals surface area contributed by atoms with Crippen LogP contribution in [0.1, 0.15) is 13.3 Å². The first kappa shape index (κ1) is 14.6. The Morgan fingerprint density at radius 3 is 2.33 bits per heavy atom. The molecule has 0 radical (unpaired) electrons. The summed E-state index contributed by atoms with van der Waals surface area (Å²) in [6.07, 6.45) is 0.753. The van der Waals surface area contributed by atoms with Crippen molar-refractivity contribution in [3.05, 3.63) is 0 Å². The molecule has 0 aromatic carbocycles. The Kier molecular flexibility index (Phi) is 6.05. The molecule has 1 atom stereocenters. The number of amides is 1. The molecule has 0 aromatic rings. The number of nitrogens with zero attached hydrogens (tertiary/aromatic N) is 2. The zero-order chi connectivity index (χ0) is 12.1. The Balaban J connectivity index is 4.28. The van der Waals surface area contributed by atoms with Crippen LogP contribution in [0.15, 0.2) is 0 Å². The van der Waals surface area contributed by atoms with E-state index < -0.39 is 13.3 Å². The molecule has 1 amide bonds. The van der Waals surface area contributed by atoms with Crippen LogP contribution in [0.25, 0.3) is 0 Å². The second-order valence-electron chi connectivity index (χ2n) is 3.66. The van der Waals surface area contributed by atoms with E-state index in [4.69, 9.17) is 5.21 Å². The maximum atomic E-state index is 11.2. The van der Waals surface area contributed by atoms with E-state index in [1.165, 1.54) is 13.7 Å².